The minimum Gasteiger partial charge on any atom is -0.367 e. The van der Waals surface area contributed by atoms with Gasteiger partial charge in [-0.3, -0.25) is 20.4 Å². The molecule has 122 valence electrons. The average Bonchev–Trinajstić information content (AvgIpc) is 2.95. The first-order valence-corrected chi connectivity index (χ1v) is 8.15. The molecule has 1 unspecified atom stereocenters. The van der Waals surface area contributed by atoms with Gasteiger partial charge >= 0.3 is 0 Å². The molecule has 5 nitrogen and oxygen atoms in total. The summed E-state index contributed by atoms with van der Waals surface area (Å²) >= 11 is 1.44. The van der Waals surface area contributed by atoms with Gasteiger partial charge in [-0.1, -0.05) is 37.3 Å². The second-order valence-electron chi connectivity index (χ2n) is 5.04. The zero-order valence-corrected chi connectivity index (χ0v) is 14.2. The summed E-state index contributed by atoms with van der Waals surface area (Å²) in [6.45, 7) is 4.02. The molecule has 0 aliphatic carbocycles. The number of aryl methyl sites for hydroxylation is 2. The third kappa shape index (κ3) is 4.18. The van der Waals surface area contributed by atoms with E-state index in [4.69, 9.17) is 4.74 Å². The Morgan fingerprint density at radius 3 is 2.48 bits per heavy atom. The van der Waals surface area contributed by atoms with E-state index in [1.807, 2.05) is 38.1 Å². The highest BCUT2D eigenvalue weighted by atomic mass is 32.1. The Hall–Kier alpha value is -2.18. The Labute approximate surface area is 139 Å². The fourth-order valence-corrected chi connectivity index (χ4v) is 3.26. The van der Waals surface area contributed by atoms with Crippen LogP contribution in [0.1, 0.15) is 38.7 Å². The topological polar surface area (TPSA) is 67.4 Å². The van der Waals surface area contributed by atoms with Gasteiger partial charge in [0.25, 0.3) is 11.8 Å². The van der Waals surface area contributed by atoms with Crippen molar-refractivity contribution < 1.29 is 14.3 Å². The number of hydrogen-bond acceptors (Lipinski definition) is 4. The van der Waals surface area contributed by atoms with Crippen molar-refractivity contribution in [2.75, 3.05) is 7.11 Å². The summed E-state index contributed by atoms with van der Waals surface area (Å²) in [5.41, 5.74) is 6.68. The number of thiophene rings is 1. The van der Waals surface area contributed by atoms with Crippen molar-refractivity contribution in [3.8, 4) is 0 Å². The minimum atomic E-state index is -0.771. The highest BCUT2D eigenvalue weighted by Crippen LogP contribution is 2.22. The van der Waals surface area contributed by atoms with E-state index in [-0.39, 0.29) is 5.91 Å². The highest BCUT2D eigenvalue weighted by Gasteiger charge is 2.21. The van der Waals surface area contributed by atoms with Crippen LogP contribution in [-0.4, -0.2) is 18.9 Å². The van der Waals surface area contributed by atoms with E-state index in [0.717, 1.165) is 17.5 Å². The molecule has 1 atom stereocenters. The van der Waals surface area contributed by atoms with Crippen molar-refractivity contribution in [3.05, 3.63) is 57.3 Å². The predicted octanol–water partition coefficient (Wildman–Crippen LogP) is 2.77. The molecule has 0 aliphatic rings. The molecule has 0 spiro atoms. The number of hydrogen-bond donors (Lipinski definition) is 2. The van der Waals surface area contributed by atoms with Crippen LogP contribution < -0.4 is 10.9 Å². The van der Waals surface area contributed by atoms with Crippen molar-refractivity contribution in [2.24, 2.45) is 0 Å². The van der Waals surface area contributed by atoms with Gasteiger partial charge in [0.2, 0.25) is 0 Å². The molecule has 2 amide bonds. The third-order valence-electron chi connectivity index (χ3n) is 3.44. The molecule has 0 saturated heterocycles. The number of hydrazine groups is 1. The van der Waals surface area contributed by atoms with Crippen LogP contribution in [0.5, 0.6) is 0 Å². The molecule has 0 aliphatic heterocycles. The minimum absolute atomic E-state index is 0.325. The maximum absolute atomic E-state index is 12.2. The van der Waals surface area contributed by atoms with E-state index < -0.39 is 12.0 Å². The van der Waals surface area contributed by atoms with Crippen LogP contribution in [-0.2, 0) is 16.0 Å². The SMILES string of the molecule is CCc1sc(C(=O)NNC(=O)C(OC)c2ccccc2)cc1C. The van der Waals surface area contributed by atoms with Gasteiger partial charge in [0.05, 0.1) is 4.88 Å². The zero-order chi connectivity index (χ0) is 16.8. The molecule has 1 aromatic heterocycles. The molecule has 23 heavy (non-hydrogen) atoms. The van der Waals surface area contributed by atoms with Crippen LogP contribution in [0.2, 0.25) is 0 Å². The molecule has 1 heterocycles. The summed E-state index contributed by atoms with van der Waals surface area (Å²) in [6, 6.07) is 10.9. The van der Waals surface area contributed by atoms with Crippen molar-refractivity contribution in [1.82, 2.24) is 10.9 Å². The molecule has 0 radical (unpaired) electrons. The van der Waals surface area contributed by atoms with Crippen molar-refractivity contribution >= 4 is 23.2 Å². The Morgan fingerprint density at radius 1 is 1.22 bits per heavy atom. The van der Waals surface area contributed by atoms with Crippen LogP contribution in [0.3, 0.4) is 0 Å². The fourth-order valence-electron chi connectivity index (χ4n) is 2.25. The molecular weight excluding hydrogens is 312 g/mol. The second kappa shape index (κ2) is 7.89. The maximum Gasteiger partial charge on any atom is 0.279 e. The first-order valence-electron chi connectivity index (χ1n) is 7.34. The van der Waals surface area contributed by atoms with Gasteiger partial charge in [-0.05, 0) is 30.5 Å². The van der Waals surface area contributed by atoms with E-state index in [1.54, 1.807) is 12.1 Å². The molecule has 1 aromatic carbocycles. The van der Waals surface area contributed by atoms with Gasteiger partial charge in [0, 0.05) is 12.0 Å². The van der Waals surface area contributed by atoms with Crippen LogP contribution in [0.25, 0.3) is 0 Å². The van der Waals surface area contributed by atoms with Gasteiger partial charge in [-0.25, -0.2) is 0 Å². The van der Waals surface area contributed by atoms with Crippen molar-refractivity contribution in [1.29, 1.82) is 0 Å². The van der Waals surface area contributed by atoms with E-state index in [0.29, 0.717) is 4.88 Å². The number of rotatable bonds is 5. The Bertz CT molecular complexity index is 682. The van der Waals surface area contributed by atoms with E-state index in [1.165, 1.54) is 23.3 Å². The number of nitrogens with one attached hydrogen (secondary N) is 2. The fraction of sp³-hybridized carbons (Fsp3) is 0.294. The summed E-state index contributed by atoms with van der Waals surface area (Å²) in [7, 11) is 1.45. The molecular formula is C17H20N2O3S. The number of amides is 2. The van der Waals surface area contributed by atoms with Crippen LogP contribution >= 0.6 is 11.3 Å². The number of benzene rings is 1. The summed E-state index contributed by atoms with van der Waals surface area (Å²) < 4.78 is 5.22. The van der Waals surface area contributed by atoms with Crippen LogP contribution in [0.15, 0.2) is 36.4 Å². The van der Waals surface area contributed by atoms with Crippen LogP contribution in [0, 0.1) is 6.92 Å². The maximum atomic E-state index is 12.2. The first-order chi connectivity index (χ1) is 11.1. The van der Waals surface area contributed by atoms with E-state index in [2.05, 4.69) is 10.9 Å². The van der Waals surface area contributed by atoms with Gasteiger partial charge in [0.1, 0.15) is 0 Å². The first kappa shape index (κ1) is 17.2. The summed E-state index contributed by atoms with van der Waals surface area (Å²) in [5.74, 6) is -0.745. The van der Waals surface area contributed by atoms with E-state index in [9.17, 15) is 9.59 Å². The molecule has 2 rings (SSSR count). The summed E-state index contributed by atoms with van der Waals surface area (Å²) in [6.07, 6.45) is 0.114. The predicted molar refractivity (Wildman–Crippen MR) is 90.2 cm³/mol. The molecule has 2 aromatic rings. The van der Waals surface area contributed by atoms with Crippen molar-refractivity contribution in [3.63, 3.8) is 0 Å². The lowest BCUT2D eigenvalue weighted by Crippen LogP contribution is -2.44. The molecule has 0 bridgehead atoms. The van der Waals surface area contributed by atoms with E-state index >= 15 is 0 Å². The Kier molecular flexibility index (Phi) is 5.90. The standard InChI is InChI=1S/C17H20N2O3S/c1-4-13-11(2)10-14(23-13)16(20)18-19-17(21)15(22-3)12-8-6-5-7-9-12/h5-10,15H,4H2,1-3H3,(H,18,20)(H,19,21). The third-order valence-corrected chi connectivity index (χ3v) is 4.82. The normalized spacial score (nSPS) is 11.8. The summed E-state index contributed by atoms with van der Waals surface area (Å²) in [5, 5.41) is 0. The molecule has 2 N–H and O–H groups in total. The summed E-state index contributed by atoms with van der Waals surface area (Å²) in [4.78, 5) is 26.1. The number of methoxy groups -OCH3 is 1. The molecule has 0 fully saturated rings. The van der Waals surface area contributed by atoms with Gasteiger partial charge < -0.3 is 4.74 Å². The quantitative estimate of drug-likeness (QED) is 0.827. The van der Waals surface area contributed by atoms with Crippen LogP contribution in [0.4, 0.5) is 0 Å². The molecule has 0 saturated carbocycles. The molecule has 6 heteroatoms. The lowest BCUT2D eigenvalue weighted by molar-refractivity contribution is -0.132. The Balaban J connectivity index is 1.98. The average molecular weight is 332 g/mol. The largest absolute Gasteiger partial charge is 0.367 e. The Morgan fingerprint density at radius 2 is 1.91 bits per heavy atom. The van der Waals surface area contributed by atoms with Gasteiger partial charge in [-0.2, -0.15) is 0 Å². The number of carbonyl (C=O) groups excluding carboxylic acids is 2. The van der Waals surface area contributed by atoms with Gasteiger partial charge in [0.15, 0.2) is 6.10 Å². The monoisotopic (exact) mass is 332 g/mol. The zero-order valence-electron chi connectivity index (χ0n) is 13.4. The van der Waals surface area contributed by atoms with Crippen molar-refractivity contribution in [2.45, 2.75) is 26.4 Å². The smallest absolute Gasteiger partial charge is 0.279 e. The second-order valence-corrected chi connectivity index (χ2v) is 6.18. The number of carbonyl (C=O) groups is 2. The number of ether oxygens (including phenoxy) is 1. The highest BCUT2D eigenvalue weighted by molar-refractivity contribution is 7.14. The lowest BCUT2D eigenvalue weighted by atomic mass is 10.1. The van der Waals surface area contributed by atoms with Gasteiger partial charge in [-0.15, -0.1) is 11.3 Å². The lowest BCUT2D eigenvalue weighted by Gasteiger charge is -2.15.